The van der Waals surface area contributed by atoms with Gasteiger partial charge in [-0.1, -0.05) is 6.92 Å². The number of rotatable bonds is 5. The normalized spacial score (nSPS) is 26.4. The van der Waals surface area contributed by atoms with Gasteiger partial charge < -0.3 is 9.53 Å². The predicted molar refractivity (Wildman–Crippen MR) is 43.5 cm³/mol. The van der Waals surface area contributed by atoms with Crippen molar-refractivity contribution in [3.8, 4) is 0 Å². The van der Waals surface area contributed by atoms with Gasteiger partial charge in [0.1, 0.15) is 6.29 Å². The molecule has 68 valence electrons. The van der Waals surface area contributed by atoms with Gasteiger partial charge in [0.05, 0.1) is 6.61 Å². The Hall–Kier alpha value is -0.860. The van der Waals surface area contributed by atoms with Crippen LogP contribution in [0.2, 0.25) is 0 Å². The molecule has 1 saturated carbocycles. The maximum absolute atomic E-state index is 10.9. The van der Waals surface area contributed by atoms with Crippen molar-refractivity contribution in [3.63, 3.8) is 0 Å². The Labute approximate surface area is 72.1 Å². The van der Waals surface area contributed by atoms with E-state index in [9.17, 15) is 9.59 Å². The Morgan fingerprint density at radius 1 is 1.67 bits per heavy atom. The highest BCUT2D eigenvalue weighted by Crippen LogP contribution is 2.36. The summed E-state index contributed by atoms with van der Waals surface area (Å²) in [4.78, 5) is 21.1. The summed E-state index contributed by atoms with van der Waals surface area (Å²) in [6.45, 7) is 2.37. The number of carbonyl (C=O) groups is 2. The zero-order chi connectivity index (χ0) is 8.97. The van der Waals surface area contributed by atoms with E-state index in [0.29, 0.717) is 18.9 Å². The van der Waals surface area contributed by atoms with E-state index in [1.165, 1.54) is 0 Å². The molecule has 0 aromatic rings. The second-order valence-corrected chi connectivity index (χ2v) is 3.23. The number of hydrogen-bond donors (Lipinski definition) is 0. The fourth-order valence-electron chi connectivity index (χ4n) is 1.11. The maximum atomic E-state index is 10.9. The number of ether oxygens (including phenoxy) is 1. The van der Waals surface area contributed by atoms with E-state index in [0.717, 1.165) is 19.1 Å². The SMILES string of the molecule is CCCC(=O)OC[C@@H]1C[C@@H]1C=O. The van der Waals surface area contributed by atoms with Crippen molar-refractivity contribution in [2.24, 2.45) is 11.8 Å². The van der Waals surface area contributed by atoms with Crippen LogP contribution in [-0.4, -0.2) is 18.9 Å². The van der Waals surface area contributed by atoms with Crippen LogP contribution in [0.25, 0.3) is 0 Å². The first-order valence-corrected chi connectivity index (χ1v) is 4.38. The highest BCUT2D eigenvalue weighted by atomic mass is 16.5. The molecule has 0 bridgehead atoms. The van der Waals surface area contributed by atoms with Gasteiger partial charge in [0.2, 0.25) is 0 Å². The Balaban J connectivity index is 2.03. The molecule has 0 heterocycles. The highest BCUT2D eigenvalue weighted by molar-refractivity contribution is 5.69. The molecule has 0 aromatic carbocycles. The first kappa shape index (κ1) is 9.23. The summed E-state index contributed by atoms with van der Waals surface area (Å²) in [5.41, 5.74) is 0. The number of carbonyl (C=O) groups excluding carboxylic acids is 2. The van der Waals surface area contributed by atoms with Gasteiger partial charge in [-0.05, 0) is 12.8 Å². The van der Waals surface area contributed by atoms with E-state index in [4.69, 9.17) is 4.74 Å². The molecule has 1 aliphatic rings. The molecule has 0 aliphatic heterocycles. The van der Waals surface area contributed by atoms with Crippen LogP contribution in [0.3, 0.4) is 0 Å². The monoisotopic (exact) mass is 170 g/mol. The van der Waals surface area contributed by atoms with Crippen LogP contribution in [-0.2, 0) is 14.3 Å². The quantitative estimate of drug-likeness (QED) is 0.459. The minimum atomic E-state index is -0.144. The second kappa shape index (κ2) is 4.24. The second-order valence-electron chi connectivity index (χ2n) is 3.23. The molecule has 0 spiro atoms. The van der Waals surface area contributed by atoms with E-state index >= 15 is 0 Å². The molecule has 12 heavy (non-hydrogen) atoms. The lowest BCUT2D eigenvalue weighted by Crippen LogP contribution is -2.07. The van der Waals surface area contributed by atoms with E-state index in [2.05, 4.69) is 0 Å². The Bertz CT molecular complexity index is 177. The zero-order valence-corrected chi connectivity index (χ0v) is 7.29. The van der Waals surface area contributed by atoms with Crippen LogP contribution in [0, 0.1) is 11.8 Å². The third-order valence-corrected chi connectivity index (χ3v) is 2.06. The lowest BCUT2D eigenvalue weighted by Gasteiger charge is -2.01. The standard InChI is InChI=1S/C9H14O3/c1-2-3-9(11)12-6-8-4-7(8)5-10/h5,7-8H,2-4,6H2,1H3/t7-,8+/m1/s1. The molecule has 0 aromatic heterocycles. The van der Waals surface area contributed by atoms with Crippen molar-refractivity contribution in [2.75, 3.05) is 6.61 Å². The van der Waals surface area contributed by atoms with Gasteiger partial charge in [0.25, 0.3) is 0 Å². The molecule has 1 aliphatic carbocycles. The largest absolute Gasteiger partial charge is 0.465 e. The molecule has 1 rings (SSSR count). The van der Waals surface area contributed by atoms with Gasteiger partial charge in [-0.15, -0.1) is 0 Å². The third kappa shape index (κ3) is 2.64. The van der Waals surface area contributed by atoms with Crippen molar-refractivity contribution in [1.82, 2.24) is 0 Å². The summed E-state index contributed by atoms with van der Waals surface area (Å²) in [6, 6.07) is 0. The molecule has 2 atom stereocenters. The van der Waals surface area contributed by atoms with Gasteiger partial charge in [0.15, 0.2) is 0 Å². The summed E-state index contributed by atoms with van der Waals surface area (Å²) in [5.74, 6) is 0.316. The molecule has 1 fully saturated rings. The summed E-state index contributed by atoms with van der Waals surface area (Å²) in [5, 5.41) is 0. The summed E-state index contributed by atoms with van der Waals surface area (Å²) in [6.07, 6.45) is 3.14. The molecule has 3 nitrogen and oxygen atoms in total. The molecule has 0 radical (unpaired) electrons. The Morgan fingerprint density at radius 3 is 2.92 bits per heavy atom. The van der Waals surface area contributed by atoms with Crippen LogP contribution >= 0.6 is 0 Å². The average molecular weight is 170 g/mol. The minimum absolute atomic E-state index is 0.144. The van der Waals surface area contributed by atoms with Crippen molar-refractivity contribution in [2.45, 2.75) is 26.2 Å². The number of hydrogen-bond acceptors (Lipinski definition) is 3. The van der Waals surface area contributed by atoms with Crippen molar-refractivity contribution in [3.05, 3.63) is 0 Å². The van der Waals surface area contributed by atoms with Gasteiger partial charge in [-0.25, -0.2) is 0 Å². The van der Waals surface area contributed by atoms with Gasteiger partial charge >= 0.3 is 5.97 Å². The van der Waals surface area contributed by atoms with Crippen LogP contribution in [0.1, 0.15) is 26.2 Å². The van der Waals surface area contributed by atoms with Gasteiger partial charge in [-0.2, -0.15) is 0 Å². The van der Waals surface area contributed by atoms with Gasteiger partial charge in [0, 0.05) is 18.3 Å². The van der Waals surface area contributed by atoms with Gasteiger partial charge in [-0.3, -0.25) is 4.79 Å². The minimum Gasteiger partial charge on any atom is -0.465 e. The van der Waals surface area contributed by atoms with E-state index < -0.39 is 0 Å². The highest BCUT2D eigenvalue weighted by Gasteiger charge is 2.37. The Morgan fingerprint density at radius 2 is 2.42 bits per heavy atom. The zero-order valence-electron chi connectivity index (χ0n) is 7.29. The first-order chi connectivity index (χ1) is 5.77. The number of aldehydes is 1. The van der Waals surface area contributed by atoms with Crippen molar-refractivity contribution >= 4 is 12.3 Å². The summed E-state index contributed by atoms with van der Waals surface area (Å²) in [7, 11) is 0. The molecule has 0 unspecified atom stereocenters. The average Bonchev–Trinajstić information content (AvgIpc) is 2.80. The topological polar surface area (TPSA) is 43.4 Å². The van der Waals surface area contributed by atoms with Crippen molar-refractivity contribution < 1.29 is 14.3 Å². The molecular weight excluding hydrogens is 156 g/mol. The molecule has 0 N–H and O–H groups in total. The molecule has 0 amide bonds. The Kier molecular flexibility index (Phi) is 3.26. The maximum Gasteiger partial charge on any atom is 0.305 e. The predicted octanol–water partition coefficient (Wildman–Crippen LogP) is 1.16. The van der Waals surface area contributed by atoms with Crippen molar-refractivity contribution in [1.29, 1.82) is 0 Å². The van der Waals surface area contributed by atoms with E-state index in [1.54, 1.807) is 0 Å². The molecular formula is C9H14O3. The van der Waals surface area contributed by atoms with Crippen LogP contribution in [0.5, 0.6) is 0 Å². The lowest BCUT2D eigenvalue weighted by atomic mass is 10.3. The van der Waals surface area contributed by atoms with Crippen LogP contribution in [0.15, 0.2) is 0 Å². The molecule has 0 saturated heterocycles. The lowest BCUT2D eigenvalue weighted by molar-refractivity contribution is -0.144. The number of esters is 1. The fourth-order valence-corrected chi connectivity index (χ4v) is 1.11. The van der Waals surface area contributed by atoms with E-state index in [1.807, 2.05) is 6.92 Å². The summed E-state index contributed by atoms with van der Waals surface area (Å²) < 4.78 is 4.94. The molecule has 3 heteroatoms. The summed E-state index contributed by atoms with van der Waals surface area (Å²) >= 11 is 0. The third-order valence-electron chi connectivity index (χ3n) is 2.06. The first-order valence-electron chi connectivity index (χ1n) is 4.38. The fraction of sp³-hybridized carbons (Fsp3) is 0.778. The van der Waals surface area contributed by atoms with Crippen LogP contribution < -0.4 is 0 Å². The van der Waals surface area contributed by atoms with E-state index in [-0.39, 0.29) is 11.9 Å². The van der Waals surface area contributed by atoms with Crippen LogP contribution in [0.4, 0.5) is 0 Å². The smallest absolute Gasteiger partial charge is 0.305 e.